The van der Waals surface area contributed by atoms with E-state index in [1.807, 2.05) is 45.0 Å². The first kappa shape index (κ1) is 30.1. The van der Waals surface area contributed by atoms with E-state index < -0.39 is 15.7 Å². The first-order valence-electron chi connectivity index (χ1n) is 14.4. The van der Waals surface area contributed by atoms with Gasteiger partial charge in [0.2, 0.25) is 5.91 Å². The number of amides is 1. The highest BCUT2D eigenvalue weighted by atomic mass is 32.2. The number of aryl methyl sites for hydroxylation is 1. The molecule has 0 aliphatic rings. The number of aromatic nitrogens is 6. The molecule has 0 bridgehead atoms. The standard InChI is InChI=1S/C33H32FN7O3S/c1-33(2,3)14-29(42)37-24-12-22(15-35-16-24)20-5-6-27-25(13-20)31(41-40-27)32-38-28-18-36-17-26(30(28)39-32)21-9-19(10-23(34)11-21)7-8-45(4,43)44/h5-6,9-13,15-18H,7-8,14H2,1-4H3,(H,37,42)(H,38,39)(H,40,41). The molecule has 6 aromatic rings. The second-order valence-electron chi connectivity index (χ2n) is 12.5. The topological polar surface area (TPSA) is 146 Å². The van der Waals surface area contributed by atoms with Gasteiger partial charge in [0.1, 0.15) is 21.3 Å². The Morgan fingerprint density at radius 2 is 1.73 bits per heavy atom. The molecule has 0 spiro atoms. The number of nitrogens with one attached hydrogen (secondary N) is 3. The van der Waals surface area contributed by atoms with Gasteiger partial charge in [0.25, 0.3) is 0 Å². The number of hydrogen-bond acceptors (Lipinski definition) is 7. The second kappa shape index (κ2) is 11.5. The molecule has 0 radical (unpaired) electrons. The van der Waals surface area contributed by atoms with E-state index in [9.17, 15) is 17.6 Å². The van der Waals surface area contributed by atoms with Crippen molar-refractivity contribution >= 4 is 43.4 Å². The van der Waals surface area contributed by atoms with Gasteiger partial charge in [-0.15, -0.1) is 0 Å². The Labute approximate surface area is 259 Å². The highest BCUT2D eigenvalue weighted by molar-refractivity contribution is 7.90. The summed E-state index contributed by atoms with van der Waals surface area (Å²) in [4.78, 5) is 29.3. The third-order valence-corrected chi connectivity index (χ3v) is 8.20. The van der Waals surface area contributed by atoms with Gasteiger partial charge >= 0.3 is 0 Å². The predicted octanol–water partition coefficient (Wildman–Crippen LogP) is 6.33. The van der Waals surface area contributed by atoms with E-state index >= 15 is 0 Å². The van der Waals surface area contributed by atoms with Crippen molar-refractivity contribution in [3.8, 4) is 33.8 Å². The molecule has 230 valence electrons. The Hall–Kier alpha value is -4.97. The molecule has 0 aliphatic carbocycles. The van der Waals surface area contributed by atoms with Gasteiger partial charge in [-0.2, -0.15) is 5.10 Å². The predicted molar refractivity (Wildman–Crippen MR) is 174 cm³/mol. The Morgan fingerprint density at radius 1 is 0.933 bits per heavy atom. The summed E-state index contributed by atoms with van der Waals surface area (Å²) < 4.78 is 38.0. The maximum Gasteiger partial charge on any atom is 0.224 e. The number of imidazole rings is 1. The van der Waals surface area contributed by atoms with E-state index in [-0.39, 0.29) is 23.5 Å². The number of anilines is 1. The van der Waals surface area contributed by atoms with Crippen molar-refractivity contribution in [1.29, 1.82) is 0 Å². The molecule has 0 unspecified atom stereocenters. The molecule has 1 amide bonds. The zero-order chi connectivity index (χ0) is 31.9. The van der Waals surface area contributed by atoms with Crippen LogP contribution in [0.4, 0.5) is 10.1 Å². The van der Waals surface area contributed by atoms with Crippen LogP contribution in [-0.2, 0) is 21.1 Å². The molecule has 12 heteroatoms. The summed E-state index contributed by atoms with van der Waals surface area (Å²) in [5.74, 6) is -0.124. The van der Waals surface area contributed by atoms with Crippen LogP contribution in [0.2, 0.25) is 0 Å². The van der Waals surface area contributed by atoms with E-state index in [4.69, 9.17) is 4.98 Å². The SMILES string of the molecule is CC(C)(C)CC(=O)Nc1cncc(-c2ccc3[nH]nc(-c4nc5c(-c6cc(F)cc(CCS(C)(=O)=O)c6)cncc5[nH]4)c3c2)c1. The molecular formula is C33H32FN7O3S. The van der Waals surface area contributed by atoms with Crippen molar-refractivity contribution in [2.75, 3.05) is 17.3 Å². The lowest BCUT2D eigenvalue weighted by atomic mass is 9.92. The number of sulfone groups is 1. The van der Waals surface area contributed by atoms with Gasteiger partial charge in [0.15, 0.2) is 5.82 Å². The lowest BCUT2D eigenvalue weighted by Crippen LogP contribution is -2.19. The highest BCUT2D eigenvalue weighted by Crippen LogP contribution is 2.34. The van der Waals surface area contributed by atoms with Gasteiger partial charge in [-0.25, -0.2) is 17.8 Å². The summed E-state index contributed by atoms with van der Waals surface area (Å²) >= 11 is 0. The summed E-state index contributed by atoms with van der Waals surface area (Å²) in [5.41, 5.74) is 6.51. The molecular weight excluding hydrogens is 593 g/mol. The van der Waals surface area contributed by atoms with Crippen LogP contribution in [0, 0.1) is 11.2 Å². The third kappa shape index (κ3) is 6.91. The molecule has 45 heavy (non-hydrogen) atoms. The number of H-pyrrole nitrogens is 2. The number of aromatic amines is 2. The van der Waals surface area contributed by atoms with Gasteiger partial charge in [-0.1, -0.05) is 32.9 Å². The molecule has 0 aliphatic heterocycles. The largest absolute Gasteiger partial charge is 0.335 e. The number of nitrogens with zero attached hydrogens (tertiary/aromatic N) is 4. The quantitative estimate of drug-likeness (QED) is 0.179. The molecule has 6 rings (SSSR count). The Bertz CT molecular complexity index is 2180. The lowest BCUT2D eigenvalue weighted by molar-refractivity contribution is -0.117. The number of halogens is 1. The second-order valence-corrected chi connectivity index (χ2v) is 14.7. The van der Waals surface area contributed by atoms with Crippen LogP contribution in [0.5, 0.6) is 0 Å². The van der Waals surface area contributed by atoms with Gasteiger partial charge in [-0.3, -0.25) is 19.9 Å². The monoisotopic (exact) mass is 625 g/mol. The minimum atomic E-state index is -3.20. The maximum absolute atomic E-state index is 14.6. The van der Waals surface area contributed by atoms with Gasteiger partial charge < -0.3 is 10.3 Å². The van der Waals surface area contributed by atoms with E-state index in [1.165, 1.54) is 12.1 Å². The number of hydrogen-bond donors (Lipinski definition) is 3. The van der Waals surface area contributed by atoms with Crippen molar-refractivity contribution < 1.29 is 17.6 Å². The summed E-state index contributed by atoms with van der Waals surface area (Å²) in [7, 11) is -3.20. The van der Waals surface area contributed by atoms with Gasteiger partial charge in [0, 0.05) is 41.6 Å². The Morgan fingerprint density at radius 3 is 2.51 bits per heavy atom. The molecule has 10 nitrogen and oxygen atoms in total. The number of fused-ring (bicyclic) bond motifs is 2. The van der Waals surface area contributed by atoms with E-state index in [1.54, 1.807) is 30.9 Å². The van der Waals surface area contributed by atoms with E-state index in [2.05, 4.69) is 30.5 Å². The maximum atomic E-state index is 14.6. The minimum Gasteiger partial charge on any atom is -0.335 e. The van der Waals surface area contributed by atoms with Crippen LogP contribution in [0.15, 0.2) is 67.3 Å². The fraction of sp³-hybridized carbons (Fsp3) is 0.242. The lowest BCUT2D eigenvalue weighted by Gasteiger charge is -2.17. The normalized spacial score (nSPS) is 12.2. The van der Waals surface area contributed by atoms with E-state index in [0.717, 1.165) is 28.3 Å². The zero-order valence-electron chi connectivity index (χ0n) is 25.3. The molecule has 0 saturated heterocycles. The Balaban J connectivity index is 1.34. The van der Waals surface area contributed by atoms with Crippen LogP contribution in [0.25, 0.3) is 55.7 Å². The molecule has 0 saturated carbocycles. The summed E-state index contributed by atoms with van der Waals surface area (Å²) in [5, 5.41) is 11.4. The van der Waals surface area contributed by atoms with Crippen LogP contribution >= 0.6 is 0 Å². The summed E-state index contributed by atoms with van der Waals surface area (Å²) in [6, 6.07) is 12.2. The average Bonchev–Trinajstić information content (AvgIpc) is 3.58. The number of pyridine rings is 2. The number of carbonyl (C=O) groups is 1. The van der Waals surface area contributed by atoms with E-state index in [0.29, 0.717) is 51.4 Å². The third-order valence-electron chi connectivity index (χ3n) is 7.26. The average molecular weight is 626 g/mol. The van der Waals surface area contributed by atoms with Crippen LogP contribution < -0.4 is 5.32 Å². The van der Waals surface area contributed by atoms with Crippen molar-refractivity contribution in [3.05, 3.63) is 78.6 Å². The fourth-order valence-corrected chi connectivity index (χ4v) is 5.84. The summed E-state index contributed by atoms with van der Waals surface area (Å²) in [6.45, 7) is 6.04. The fourth-order valence-electron chi connectivity index (χ4n) is 5.24. The van der Waals surface area contributed by atoms with Gasteiger partial charge in [-0.05, 0) is 58.9 Å². The Kier molecular flexibility index (Phi) is 7.69. The van der Waals surface area contributed by atoms with Crippen molar-refractivity contribution in [3.63, 3.8) is 0 Å². The van der Waals surface area contributed by atoms with Crippen LogP contribution in [-0.4, -0.2) is 56.5 Å². The van der Waals surface area contributed by atoms with Gasteiger partial charge in [0.05, 0.1) is 40.4 Å². The molecule has 3 N–H and O–H groups in total. The molecule has 2 aromatic carbocycles. The number of carbonyl (C=O) groups excluding carboxylic acids is 1. The number of rotatable bonds is 8. The van der Waals surface area contributed by atoms with Crippen molar-refractivity contribution in [1.82, 2.24) is 30.1 Å². The number of benzene rings is 2. The van der Waals surface area contributed by atoms with Crippen molar-refractivity contribution in [2.24, 2.45) is 5.41 Å². The smallest absolute Gasteiger partial charge is 0.224 e. The van der Waals surface area contributed by atoms with Crippen LogP contribution in [0.3, 0.4) is 0 Å². The van der Waals surface area contributed by atoms with Crippen molar-refractivity contribution in [2.45, 2.75) is 33.6 Å². The zero-order valence-corrected chi connectivity index (χ0v) is 26.1. The minimum absolute atomic E-state index is 0.0730. The molecule has 0 fully saturated rings. The summed E-state index contributed by atoms with van der Waals surface area (Å²) in [6.07, 6.45) is 8.37. The molecule has 4 heterocycles. The molecule has 0 atom stereocenters. The first-order valence-corrected chi connectivity index (χ1v) is 16.4. The highest BCUT2D eigenvalue weighted by Gasteiger charge is 2.19. The first-order chi connectivity index (χ1) is 21.3. The molecule has 4 aromatic heterocycles. The van der Waals surface area contributed by atoms with Crippen LogP contribution in [0.1, 0.15) is 32.8 Å².